The van der Waals surface area contributed by atoms with Crippen molar-refractivity contribution in [1.29, 1.82) is 0 Å². The van der Waals surface area contributed by atoms with Gasteiger partial charge in [-0.25, -0.2) is 9.78 Å². The van der Waals surface area contributed by atoms with E-state index < -0.39 is 0 Å². The third-order valence-corrected chi connectivity index (χ3v) is 6.14. The molecule has 0 atom stereocenters. The quantitative estimate of drug-likeness (QED) is 0.573. The minimum absolute atomic E-state index is 0.0242. The monoisotopic (exact) mass is 431 g/mol. The molecular formula is C26H33N5O. The lowest BCUT2D eigenvalue weighted by Gasteiger charge is -2.33. The molecule has 0 unspecified atom stereocenters. The summed E-state index contributed by atoms with van der Waals surface area (Å²) in [5, 5.41) is 6.91. The molecule has 4 rings (SSSR count). The van der Waals surface area contributed by atoms with Crippen LogP contribution < -0.4 is 15.5 Å². The van der Waals surface area contributed by atoms with Crippen LogP contribution in [0.1, 0.15) is 51.8 Å². The van der Waals surface area contributed by atoms with Crippen molar-refractivity contribution in [1.82, 2.24) is 15.3 Å². The van der Waals surface area contributed by atoms with E-state index in [2.05, 4.69) is 60.3 Å². The molecule has 1 saturated heterocycles. The van der Waals surface area contributed by atoms with Crippen LogP contribution in [-0.4, -0.2) is 29.1 Å². The van der Waals surface area contributed by atoms with Gasteiger partial charge in [-0.3, -0.25) is 4.98 Å². The summed E-state index contributed by atoms with van der Waals surface area (Å²) in [5.74, 6) is 1.75. The molecule has 1 aliphatic rings. The summed E-state index contributed by atoms with van der Waals surface area (Å²) in [5.41, 5.74) is 3.70. The predicted octanol–water partition coefficient (Wildman–Crippen LogP) is 5.49. The van der Waals surface area contributed by atoms with Crippen LogP contribution in [0.5, 0.6) is 0 Å². The van der Waals surface area contributed by atoms with Gasteiger partial charge in [0.15, 0.2) is 0 Å². The van der Waals surface area contributed by atoms with E-state index in [1.54, 1.807) is 6.20 Å². The van der Waals surface area contributed by atoms with E-state index >= 15 is 0 Å². The van der Waals surface area contributed by atoms with Gasteiger partial charge < -0.3 is 15.5 Å². The number of nitrogens with one attached hydrogen (secondary N) is 2. The lowest BCUT2D eigenvalue weighted by molar-refractivity contribution is 0.252. The first-order valence-electron chi connectivity index (χ1n) is 11.5. The minimum Gasteiger partial charge on any atom is -0.356 e. The Hall–Kier alpha value is -3.15. The number of carbonyl (C=O) groups excluding carboxylic acids is 1. The van der Waals surface area contributed by atoms with Gasteiger partial charge in [0.1, 0.15) is 5.82 Å². The van der Waals surface area contributed by atoms with E-state index in [4.69, 9.17) is 4.98 Å². The number of rotatable bonds is 4. The maximum absolute atomic E-state index is 12.7. The van der Waals surface area contributed by atoms with Crippen LogP contribution in [0.2, 0.25) is 0 Å². The molecule has 0 spiro atoms. The molecule has 0 aliphatic carbocycles. The van der Waals surface area contributed by atoms with Gasteiger partial charge in [0.2, 0.25) is 0 Å². The summed E-state index contributed by atoms with van der Waals surface area (Å²) >= 11 is 0. The Morgan fingerprint density at radius 2 is 1.88 bits per heavy atom. The van der Waals surface area contributed by atoms with Crippen LogP contribution in [0.15, 0.2) is 48.7 Å². The summed E-state index contributed by atoms with van der Waals surface area (Å²) in [6.07, 6.45) is 4.09. The largest absolute Gasteiger partial charge is 0.356 e. The Morgan fingerprint density at radius 1 is 1.09 bits per heavy atom. The predicted molar refractivity (Wildman–Crippen MR) is 131 cm³/mol. The second kappa shape index (κ2) is 9.15. The molecule has 3 heterocycles. The van der Waals surface area contributed by atoms with E-state index in [1.807, 2.05) is 30.3 Å². The lowest BCUT2D eigenvalue weighted by Crippen LogP contribution is -2.36. The van der Waals surface area contributed by atoms with Crippen molar-refractivity contribution >= 4 is 28.4 Å². The molecule has 2 N–H and O–H groups in total. The van der Waals surface area contributed by atoms with Crippen molar-refractivity contribution in [2.75, 3.05) is 23.3 Å². The maximum atomic E-state index is 12.7. The van der Waals surface area contributed by atoms with Crippen LogP contribution in [0.25, 0.3) is 10.9 Å². The third kappa shape index (κ3) is 5.01. The number of hydrogen-bond acceptors (Lipinski definition) is 4. The van der Waals surface area contributed by atoms with Crippen molar-refractivity contribution in [2.24, 2.45) is 5.92 Å². The van der Waals surface area contributed by atoms with Crippen LogP contribution in [0, 0.1) is 5.92 Å². The molecule has 0 bridgehead atoms. The van der Waals surface area contributed by atoms with Crippen molar-refractivity contribution < 1.29 is 4.79 Å². The lowest BCUT2D eigenvalue weighted by atomic mass is 9.91. The third-order valence-electron chi connectivity index (χ3n) is 6.14. The highest BCUT2D eigenvalue weighted by Crippen LogP contribution is 2.29. The van der Waals surface area contributed by atoms with Crippen LogP contribution in [0.4, 0.5) is 16.3 Å². The number of benzene rings is 1. The number of anilines is 2. The number of aromatic nitrogens is 2. The molecule has 2 amide bonds. The molecule has 1 aromatic carbocycles. The Morgan fingerprint density at radius 3 is 2.62 bits per heavy atom. The fourth-order valence-electron chi connectivity index (χ4n) is 4.08. The molecule has 6 heteroatoms. The summed E-state index contributed by atoms with van der Waals surface area (Å²) in [4.78, 5) is 24.5. The maximum Gasteiger partial charge on any atom is 0.319 e. The standard InChI is InChI=1S/C26H33N5O/c1-18-12-15-31(16-13-18)24-19(10-11-23(30-24)26(2,3)4)17-28-25(32)29-22-9-5-8-21-20(22)7-6-14-27-21/h5-11,14,18H,12-13,15-17H2,1-4H3,(H2,28,29,32). The van der Waals surface area contributed by atoms with Crippen LogP contribution in [0.3, 0.4) is 0 Å². The van der Waals surface area contributed by atoms with Gasteiger partial charge in [-0.2, -0.15) is 0 Å². The second-order valence-corrected chi connectivity index (χ2v) is 9.78. The minimum atomic E-state index is -0.237. The molecule has 2 aromatic heterocycles. The Labute approximate surface area is 190 Å². The zero-order valence-electron chi connectivity index (χ0n) is 19.5. The number of pyridine rings is 2. The summed E-state index contributed by atoms with van der Waals surface area (Å²) < 4.78 is 0. The van der Waals surface area contributed by atoms with Crippen LogP contribution >= 0.6 is 0 Å². The van der Waals surface area contributed by atoms with E-state index in [-0.39, 0.29) is 11.4 Å². The number of amides is 2. The number of urea groups is 1. The van der Waals surface area contributed by atoms with Gasteiger partial charge in [-0.05, 0) is 49.1 Å². The summed E-state index contributed by atoms with van der Waals surface area (Å²) in [6.45, 7) is 11.3. The summed E-state index contributed by atoms with van der Waals surface area (Å²) in [6, 6.07) is 13.5. The normalized spacial score (nSPS) is 15.1. The molecule has 0 saturated carbocycles. The van der Waals surface area contributed by atoms with Gasteiger partial charge >= 0.3 is 6.03 Å². The molecule has 168 valence electrons. The zero-order chi connectivity index (χ0) is 22.7. The van der Waals surface area contributed by atoms with E-state index in [1.165, 1.54) is 12.8 Å². The molecule has 32 heavy (non-hydrogen) atoms. The molecule has 6 nitrogen and oxygen atoms in total. The molecule has 0 radical (unpaired) electrons. The van der Waals surface area contributed by atoms with Crippen molar-refractivity contribution in [3.05, 3.63) is 59.9 Å². The molecular weight excluding hydrogens is 398 g/mol. The average molecular weight is 432 g/mol. The number of carbonyl (C=O) groups is 1. The van der Waals surface area contributed by atoms with E-state index in [9.17, 15) is 4.79 Å². The van der Waals surface area contributed by atoms with Gasteiger partial charge in [0, 0.05) is 47.9 Å². The van der Waals surface area contributed by atoms with Crippen molar-refractivity contribution in [2.45, 2.75) is 52.5 Å². The highest BCUT2D eigenvalue weighted by molar-refractivity contribution is 6.00. The average Bonchev–Trinajstić information content (AvgIpc) is 2.78. The second-order valence-electron chi connectivity index (χ2n) is 9.78. The van der Waals surface area contributed by atoms with E-state index in [0.29, 0.717) is 6.54 Å². The number of nitrogens with zero attached hydrogens (tertiary/aromatic N) is 3. The Bertz CT molecular complexity index is 1090. The van der Waals surface area contributed by atoms with Gasteiger partial charge in [0.05, 0.1) is 11.2 Å². The molecule has 3 aromatic rings. The Balaban J connectivity index is 1.51. The SMILES string of the molecule is CC1CCN(c2nc(C(C)(C)C)ccc2CNC(=O)Nc2cccc3ncccc23)CC1. The first kappa shape index (κ1) is 22.1. The molecule has 1 fully saturated rings. The summed E-state index contributed by atoms with van der Waals surface area (Å²) in [7, 11) is 0. The van der Waals surface area contributed by atoms with Gasteiger partial charge in [-0.15, -0.1) is 0 Å². The zero-order valence-corrected chi connectivity index (χ0v) is 19.5. The van der Waals surface area contributed by atoms with Crippen molar-refractivity contribution in [3.8, 4) is 0 Å². The first-order chi connectivity index (χ1) is 15.3. The highest BCUT2D eigenvalue weighted by atomic mass is 16.2. The number of hydrogen-bond donors (Lipinski definition) is 2. The topological polar surface area (TPSA) is 70.2 Å². The van der Waals surface area contributed by atoms with Crippen LogP contribution in [-0.2, 0) is 12.0 Å². The first-order valence-corrected chi connectivity index (χ1v) is 11.5. The fraction of sp³-hybridized carbons (Fsp3) is 0.423. The van der Waals surface area contributed by atoms with Crippen molar-refractivity contribution in [3.63, 3.8) is 0 Å². The highest BCUT2D eigenvalue weighted by Gasteiger charge is 2.23. The number of piperidine rings is 1. The number of fused-ring (bicyclic) bond motifs is 1. The van der Waals surface area contributed by atoms with Gasteiger partial charge in [0.25, 0.3) is 0 Å². The Kier molecular flexibility index (Phi) is 6.31. The fourth-order valence-corrected chi connectivity index (χ4v) is 4.08. The molecule has 1 aliphatic heterocycles. The van der Waals surface area contributed by atoms with E-state index in [0.717, 1.165) is 52.7 Å². The smallest absolute Gasteiger partial charge is 0.319 e. The van der Waals surface area contributed by atoms with Gasteiger partial charge in [-0.1, -0.05) is 39.8 Å².